The highest BCUT2D eigenvalue weighted by Gasteiger charge is 2.42. The molecule has 0 radical (unpaired) electrons. The largest absolute Gasteiger partial charge is 0.497 e. The molecule has 1 N–H and O–H groups in total. The van der Waals surface area contributed by atoms with E-state index in [-0.39, 0.29) is 49.5 Å². The van der Waals surface area contributed by atoms with Crippen LogP contribution in [0.2, 0.25) is 0 Å². The number of hydrogen-bond donors (Lipinski definition) is 1. The van der Waals surface area contributed by atoms with Crippen molar-refractivity contribution < 1.29 is 66.2 Å². The molecule has 24 heteroatoms. The second-order valence-corrected chi connectivity index (χ2v) is 25.4. The number of aromatic nitrogens is 4. The molecule has 5 amide bonds. The first-order chi connectivity index (χ1) is 39.2. The van der Waals surface area contributed by atoms with E-state index in [0.717, 1.165) is 5.56 Å². The number of hydrogen-bond acceptors (Lipinski definition) is 19. The molecule has 0 bridgehead atoms. The molecule has 2 atom stereocenters. The molecule has 0 saturated carbocycles. The number of carbonyl (C=O) groups excluding carboxylic acids is 5. The number of rotatable bonds is 22. The van der Waals surface area contributed by atoms with E-state index >= 15 is 4.79 Å². The van der Waals surface area contributed by atoms with Gasteiger partial charge in [0.2, 0.25) is 11.9 Å². The van der Waals surface area contributed by atoms with E-state index in [9.17, 15) is 24.4 Å². The number of anilines is 2. The maximum absolute atomic E-state index is 15.0. The van der Waals surface area contributed by atoms with Gasteiger partial charge in [-0.1, -0.05) is 54.6 Å². The second kappa shape index (κ2) is 28.4. The van der Waals surface area contributed by atoms with Crippen LogP contribution in [0.1, 0.15) is 134 Å². The van der Waals surface area contributed by atoms with Gasteiger partial charge in [-0.25, -0.2) is 28.8 Å². The van der Waals surface area contributed by atoms with E-state index in [0.29, 0.717) is 32.4 Å². The minimum atomic E-state index is -1.84. The third kappa shape index (κ3) is 18.5. The Morgan fingerprint density at radius 1 is 0.619 bits per heavy atom. The molecule has 0 aliphatic rings. The molecular weight excluding hydrogens is 1100 g/mol. The van der Waals surface area contributed by atoms with Crippen LogP contribution in [0, 0.1) is 11.3 Å². The number of nitriles is 1. The summed E-state index contributed by atoms with van der Waals surface area (Å²) in [5.41, 5.74) is -4.38. The first-order valence-electron chi connectivity index (χ1n) is 27.4. The molecule has 0 aliphatic carbocycles. The minimum absolute atomic E-state index is 0.0622. The fourth-order valence-electron chi connectivity index (χ4n) is 8.33. The summed E-state index contributed by atoms with van der Waals surface area (Å²) in [5, 5.41) is 12.6. The van der Waals surface area contributed by atoms with Gasteiger partial charge in [0, 0.05) is 12.1 Å². The minimum Gasteiger partial charge on any atom is -0.497 e. The molecule has 0 fully saturated rings. The van der Waals surface area contributed by atoms with Gasteiger partial charge >= 0.3 is 24.4 Å². The van der Waals surface area contributed by atoms with Crippen molar-refractivity contribution in [3.8, 4) is 17.6 Å². The molecule has 23 nitrogen and oxygen atoms in total. The highest BCUT2D eigenvalue weighted by atomic mass is 31.2. The van der Waals surface area contributed by atoms with Crippen LogP contribution >= 0.6 is 8.53 Å². The zero-order valence-corrected chi connectivity index (χ0v) is 52.5. The van der Waals surface area contributed by atoms with E-state index in [1.54, 1.807) is 97.3 Å². The Bertz CT molecular complexity index is 2960. The van der Waals surface area contributed by atoms with Gasteiger partial charge < -0.3 is 52.1 Å². The van der Waals surface area contributed by atoms with Gasteiger partial charge in [0.05, 0.1) is 58.9 Å². The molecule has 5 rings (SSSR count). The third-order valence-corrected chi connectivity index (χ3v) is 13.6. The summed E-state index contributed by atoms with van der Waals surface area (Å²) < 4.78 is 57.5. The highest BCUT2D eigenvalue weighted by Crippen LogP contribution is 2.47. The van der Waals surface area contributed by atoms with Crippen LogP contribution in [-0.4, -0.2) is 129 Å². The summed E-state index contributed by atoms with van der Waals surface area (Å²) in [4.78, 5) is 86.5. The van der Waals surface area contributed by atoms with Gasteiger partial charge in [-0.05, 0) is 152 Å². The number of fused-ring (bicyclic) bond motifs is 1. The first kappa shape index (κ1) is 67.3. The Balaban J connectivity index is 1.74. The van der Waals surface area contributed by atoms with Gasteiger partial charge in [-0.15, -0.1) is 4.90 Å². The molecule has 456 valence electrons. The van der Waals surface area contributed by atoms with E-state index in [1.807, 2.05) is 107 Å². The molecule has 1 unspecified atom stereocenters. The van der Waals surface area contributed by atoms with Crippen molar-refractivity contribution in [1.29, 1.82) is 5.26 Å². The van der Waals surface area contributed by atoms with Crippen LogP contribution in [0.4, 0.5) is 30.9 Å². The maximum atomic E-state index is 15.0. The van der Waals surface area contributed by atoms with Crippen LogP contribution in [-0.2, 0) is 49.7 Å². The Morgan fingerprint density at radius 3 is 1.50 bits per heavy atom. The Kier molecular flexibility index (Phi) is 22.8. The van der Waals surface area contributed by atoms with Crippen LogP contribution in [0.3, 0.4) is 0 Å². The third-order valence-electron chi connectivity index (χ3n) is 11.6. The number of imide groups is 2. The van der Waals surface area contributed by atoms with Crippen LogP contribution < -0.4 is 24.6 Å². The zero-order valence-electron chi connectivity index (χ0n) is 51.6. The highest BCUT2D eigenvalue weighted by molar-refractivity contribution is 7.44. The number of carbonyl (C=O) groups is 5. The average Bonchev–Trinajstić information content (AvgIpc) is 1.68. The lowest BCUT2D eigenvalue weighted by Gasteiger charge is -2.38. The Labute approximate surface area is 494 Å². The first-order valence-corrected chi connectivity index (χ1v) is 28.6. The van der Waals surface area contributed by atoms with Crippen molar-refractivity contribution in [2.45, 2.75) is 170 Å². The average molecular weight is 1180 g/mol. The van der Waals surface area contributed by atoms with E-state index in [1.165, 1.54) is 10.9 Å². The molecule has 0 spiro atoms. The number of nitrogens with zero attached hydrogens (tertiary/aromatic N) is 8. The molecule has 5 aromatic rings. The number of benzene rings is 3. The fraction of sp³-hybridized carbons (Fsp3) is 0.517. The molecule has 0 aliphatic heterocycles. The quantitative estimate of drug-likeness (QED) is 0.0292. The molecule has 84 heavy (non-hydrogen) atoms. The SMILES string of the molecule is COc1ccc(C(OC[C@@H](COP(OCCC#N)N(C(C)C)C(C)C)NC(=O)Cn2cnc3c(N(C(=O)OC(C)(C)C)C(=O)OC(C)(C)C)nc(N(C(=O)OC(C)(C)C)C(=O)OC(C)(C)C)nc32)(c2ccccc2)c2ccc(OC)cc2)cc1. The molecule has 2 aromatic heterocycles. The smallest absolute Gasteiger partial charge is 0.427 e. The van der Waals surface area contributed by atoms with Crippen LogP contribution in [0.15, 0.2) is 85.2 Å². The van der Waals surface area contributed by atoms with Crippen molar-refractivity contribution in [1.82, 2.24) is 29.5 Å². The summed E-state index contributed by atoms with van der Waals surface area (Å²) >= 11 is 0. The lowest BCUT2D eigenvalue weighted by molar-refractivity contribution is -0.123. The van der Waals surface area contributed by atoms with E-state index in [4.69, 9.17) is 42.2 Å². The predicted octanol–water partition coefficient (Wildman–Crippen LogP) is 12.0. The lowest BCUT2D eigenvalue weighted by Crippen LogP contribution is -2.46. The molecular formula is C60H82N9O14P. The summed E-state index contributed by atoms with van der Waals surface area (Å²) in [6, 6.07) is 25.5. The van der Waals surface area contributed by atoms with Crippen molar-refractivity contribution in [3.63, 3.8) is 0 Å². The van der Waals surface area contributed by atoms with Gasteiger partial charge in [-0.3, -0.25) is 4.79 Å². The number of amides is 5. The van der Waals surface area contributed by atoms with Gasteiger partial charge in [0.25, 0.3) is 8.53 Å². The standard InChI is InChI=1S/C60H82N9O14P/c1-39(2)69(40(3)4)84(78-34-22-33-61)79-37-44(36-77-60(41-23-20-19-21-24-41,42-25-29-45(75-17)30-26-42)43-27-31-46(76-18)32-28-43)63-47(70)35-66-38-62-48-49(66)64-51(68(54(73)82-58(11,12)13)55(74)83-59(14,15)16)65-50(48)67(52(71)80-56(5,6)7)53(72)81-57(8,9)10/h19-21,23-32,38-40,44H,22,34-37H2,1-18H3,(H,63,70)/t44-,84?/m0/s1. The number of imidazole rings is 1. The van der Waals surface area contributed by atoms with Gasteiger partial charge in [0.15, 0.2) is 17.0 Å². The number of methoxy groups -OCH3 is 2. The number of nitrogens with one attached hydrogen (secondary N) is 1. The van der Waals surface area contributed by atoms with Crippen LogP contribution in [0.25, 0.3) is 11.2 Å². The monoisotopic (exact) mass is 1180 g/mol. The normalized spacial score (nSPS) is 13.0. The van der Waals surface area contributed by atoms with E-state index in [2.05, 4.69) is 31.0 Å². The van der Waals surface area contributed by atoms with Crippen molar-refractivity contribution in [2.75, 3.05) is 43.8 Å². The van der Waals surface area contributed by atoms with Gasteiger partial charge in [0.1, 0.15) is 46.0 Å². The molecule has 0 saturated heterocycles. The zero-order chi connectivity index (χ0) is 62.5. The lowest BCUT2D eigenvalue weighted by atomic mass is 9.80. The Morgan fingerprint density at radius 2 is 1.07 bits per heavy atom. The van der Waals surface area contributed by atoms with Crippen molar-refractivity contribution in [3.05, 3.63) is 102 Å². The summed E-state index contributed by atoms with van der Waals surface area (Å²) in [6.45, 7) is 26.1. The topological polar surface area (TPSA) is 258 Å². The van der Waals surface area contributed by atoms with Crippen LogP contribution in [0.5, 0.6) is 11.5 Å². The van der Waals surface area contributed by atoms with Crippen molar-refractivity contribution in [2.24, 2.45) is 0 Å². The molecule has 3 aromatic carbocycles. The van der Waals surface area contributed by atoms with Gasteiger partial charge in [-0.2, -0.15) is 20.1 Å². The maximum Gasteiger partial charge on any atom is 0.427 e. The fourth-order valence-corrected chi connectivity index (χ4v) is 9.98. The number of ether oxygens (including phenoxy) is 7. The predicted molar refractivity (Wildman–Crippen MR) is 317 cm³/mol. The Hall–Kier alpha value is -7.48. The van der Waals surface area contributed by atoms with E-state index < -0.39 is 91.2 Å². The molecule has 2 heterocycles. The summed E-state index contributed by atoms with van der Waals surface area (Å²) in [5.74, 6) is -0.758. The second-order valence-electron chi connectivity index (χ2n) is 23.9. The summed E-state index contributed by atoms with van der Waals surface area (Å²) in [7, 11) is 1.31. The summed E-state index contributed by atoms with van der Waals surface area (Å²) in [6.07, 6.45) is -3.78. The van der Waals surface area contributed by atoms with Crippen molar-refractivity contribution >= 4 is 61.7 Å².